The van der Waals surface area contributed by atoms with E-state index in [1.165, 1.54) is 17.4 Å². The Hall–Kier alpha value is -0.820. The molecule has 0 spiro atoms. The van der Waals surface area contributed by atoms with Gasteiger partial charge in [-0.1, -0.05) is 17.7 Å². The van der Waals surface area contributed by atoms with E-state index in [2.05, 4.69) is 9.71 Å². The number of hydrogen-bond acceptors (Lipinski definition) is 4. The molecule has 0 fully saturated rings. The summed E-state index contributed by atoms with van der Waals surface area (Å²) in [5.41, 5.74) is 1.28. The first kappa shape index (κ1) is 15.6. The SMILES string of the molecule is Cc1c(Cl)cccc1S(=O)(=O)Nc1nc(CCCl)cs1. The zero-order valence-corrected chi connectivity index (χ0v) is 13.7. The van der Waals surface area contributed by atoms with Crippen molar-refractivity contribution in [3.8, 4) is 0 Å². The quantitative estimate of drug-likeness (QED) is 0.836. The van der Waals surface area contributed by atoms with Gasteiger partial charge in [-0.05, 0) is 24.6 Å². The van der Waals surface area contributed by atoms with Crippen LogP contribution in [0.3, 0.4) is 0 Å². The molecule has 0 saturated carbocycles. The molecule has 0 unspecified atom stereocenters. The van der Waals surface area contributed by atoms with E-state index in [1.54, 1.807) is 24.4 Å². The van der Waals surface area contributed by atoms with Gasteiger partial charge < -0.3 is 0 Å². The summed E-state index contributed by atoms with van der Waals surface area (Å²) in [6.45, 7) is 1.66. The van der Waals surface area contributed by atoms with E-state index in [0.717, 1.165) is 5.69 Å². The monoisotopic (exact) mass is 350 g/mol. The topological polar surface area (TPSA) is 59.1 Å². The van der Waals surface area contributed by atoms with E-state index in [1.807, 2.05) is 0 Å². The number of sulfonamides is 1. The molecule has 0 atom stereocenters. The molecule has 108 valence electrons. The van der Waals surface area contributed by atoms with Crippen LogP contribution < -0.4 is 4.72 Å². The number of benzene rings is 1. The van der Waals surface area contributed by atoms with Crippen LogP contribution >= 0.6 is 34.5 Å². The fourth-order valence-corrected chi connectivity index (χ4v) is 4.30. The Balaban J connectivity index is 2.28. The molecule has 0 amide bonds. The van der Waals surface area contributed by atoms with Gasteiger partial charge in [0, 0.05) is 22.7 Å². The normalized spacial score (nSPS) is 11.6. The highest BCUT2D eigenvalue weighted by molar-refractivity contribution is 7.93. The molecule has 1 aromatic carbocycles. The van der Waals surface area contributed by atoms with Crippen molar-refractivity contribution in [2.45, 2.75) is 18.2 Å². The molecule has 8 heteroatoms. The molecule has 0 bridgehead atoms. The van der Waals surface area contributed by atoms with E-state index < -0.39 is 10.0 Å². The van der Waals surface area contributed by atoms with Crippen LogP contribution in [-0.4, -0.2) is 19.3 Å². The van der Waals surface area contributed by atoms with Gasteiger partial charge in [-0.25, -0.2) is 13.4 Å². The van der Waals surface area contributed by atoms with Gasteiger partial charge >= 0.3 is 0 Å². The van der Waals surface area contributed by atoms with Crippen molar-refractivity contribution in [2.24, 2.45) is 0 Å². The minimum Gasteiger partial charge on any atom is -0.255 e. The van der Waals surface area contributed by atoms with Crippen molar-refractivity contribution in [3.63, 3.8) is 0 Å². The predicted molar refractivity (Wildman–Crippen MR) is 83.5 cm³/mol. The van der Waals surface area contributed by atoms with E-state index in [0.29, 0.717) is 28.0 Å². The molecule has 0 saturated heterocycles. The van der Waals surface area contributed by atoms with Crippen molar-refractivity contribution < 1.29 is 8.42 Å². The smallest absolute Gasteiger partial charge is 0.255 e. The number of nitrogens with zero attached hydrogens (tertiary/aromatic N) is 1. The maximum atomic E-state index is 12.3. The van der Waals surface area contributed by atoms with Gasteiger partial charge in [-0.15, -0.1) is 22.9 Å². The number of alkyl halides is 1. The molecule has 4 nitrogen and oxygen atoms in total. The Labute approximate surface area is 131 Å². The number of hydrogen-bond donors (Lipinski definition) is 1. The van der Waals surface area contributed by atoms with Crippen LogP contribution in [0.5, 0.6) is 0 Å². The summed E-state index contributed by atoms with van der Waals surface area (Å²) in [6.07, 6.45) is 0.607. The summed E-state index contributed by atoms with van der Waals surface area (Å²) in [5, 5.41) is 2.52. The number of rotatable bonds is 5. The first-order chi connectivity index (χ1) is 9.44. The lowest BCUT2D eigenvalue weighted by atomic mass is 10.2. The van der Waals surface area contributed by atoms with Gasteiger partial charge in [0.2, 0.25) is 0 Å². The minimum absolute atomic E-state index is 0.152. The van der Waals surface area contributed by atoms with Crippen LogP contribution in [0.2, 0.25) is 5.02 Å². The van der Waals surface area contributed by atoms with Crippen LogP contribution in [0.4, 0.5) is 5.13 Å². The average molecular weight is 351 g/mol. The number of aromatic nitrogens is 1. The van der Waals surface area contributed by atoms with E-state index in [9.17, 15) is 8.42 Å². The summed E-state index contributed by atoms with van der Waals surface area (Å²) >= 11 is 12.8. The molecule has 0 radical (unpaired) electrons. The fourth-order valence-electron chi connectivity index (χ4n) is 1.61. The van der Waals surface area contributed by atoms with Gasteiger partial charge in [0.15, 0.2) is 5.13 Å². The van der Waals surface area contributed by atoms with Crippen molar-refractivity contribution in [2.75, 3.05) is 10.6 Å². The Morgan fingerprint density at radius 2 is 2.15 bits per heavy atom. The van der Waals surface area contributed by atoms with Gasteiger partial charge in [0.25, 0.3) is 10.0 Å². The average Bonchev–Trinajstić information content (AvgIpc) is 2.79. The summed E-state index contributed by atoms with van der Waals surface area (Å²) in [6, 6.07) is 4.76. The Morgan fingerprint density at radius 1 is 1.40 bits per heavy atom. The van der Waals surface area contributed by atoms with Gasteiger partial charge in [-0.3, -0.25) is 4.72 Å². The number of thiazole rings is 1. The molecule has 1 heterocycles. The van der Waals surface area contributed by atoms with E-state index in [-0.39, 0.29) is 4.90 Å². The van der Waals surface area contributed by atoms with Crippen molar-refractivity contribution >= 4 is 49.7 Å². The van der Waals surface area contributed by atoms with Crippen molar-refractivity contribution in [1.82, 2.24) is 4.98 Å². The number of anilines is 1. The molecular weight excluding hydrogens is 339 g/mol. The zero-order valence-electron chi connectivity index (χ0n) is 10.6. The van der Waals surface area contributed by atoms with Crippen LogP contribution in [0.25, 0.3) is 0 Å². The fraction of sp³-hybridized carbons (Fsp3) is 0.250. The van der Waals surface area contributed by atoms with Crippen LogP contribution in [0, 0.1) is 6.92 Å². The first-order valence-electron chi connectivity index (χ1n) is 5.72. The maximum Gasteiger partial charge on any atom is 0.263 e. The standard InChI is InChI=1S/C12H12Cl2N2O2S2/c1-8-10(14)3-2-4-11(8)20(17,18)16-12-15-9(5-6-13)7-19-12/h2-4,7H,5-6H2,1H3,(H,15,16). The minimum atomic E-state index is -3.69. The molecule has 0 aliphatic heterocycles. The molecule has 1 N–H and O–H groups in total. The van der Waals surface area contributed by atoms with Crippen LogP contribution in [0.1, 0.15) is 11.3 Å². The Bertz CT molecular complexity index is 714. The third-order valence-electron chi connectivity index (χ3n) is 2.63. The third-order valence-corrected chi connectivity index (χ3v) is 5.65. The highest BCUT2D eigenvalue weighted by atomic mass is 35.5. The molecule has 20 heavy (non-hydrogen) atoms. The summed E-state index contributed by atoms with van der Waals surface area (Å²) < 4.78 is 27.1. The highest BCUT2D eigenvalue weighted by Crippen LogP contribution is 2.26. The Kier molecular flexibility index (Phi) is 4.90. The molecule has 0 aliphatic carbocycles. The molecular formula is C12H12Cl2N2O2S2. The molecule has 2 rings (SSSR count). The molecule has 1 aromatic heterocycles. The second-order valence-electron chi connectivity index (χ2n) is 4.05. The maximum absolute atomic E-state index is 12.3. The second kappa shape index (κ2) is 6.30. The number of nitrogens with one attached hydrogen (secondary N) is 1. The summed E-state index contributed by atoms with van der Waals surface area (Å²) in [7, 11) is -3.69. The molecule has 2 aromatic rings. The lowest BCUT2D eigenvalue weighted by Gasteiger charge is -2.09. The summed E-state index contributed by atoms with van der Waals surface area (Å²) in [4.78, 5) is 4.33. The van der Waals surface area contributed by atoms with Crippen LogP contribution in [0.15, 0.2) is 28.5 Å². The molecule has 0 aliphatic rings. The second-order valence-corrected chi connectivity index (χ2v) is 7.35. The van der Waals surface area contributed by atoms with E-state index in [4.69, 9.17) is 23.2 Å². The Morgan fingerprint density at radius 3 is 2.85 bits per heavy atom. The van der Waals surface area contributed by atoms with Gasteiger partial charge in [-0.2, -0.15) is 0 Å². The largest absolute Gasteiger partial charge is 0.263 e. The zero-order chi connectivity index (χ0) is 14.8. The predicted octanol–water partition coefficient (Wildman–Crippen LogP) is 3.69. The van der Waals surface area contributed by atoms with E-state index >= 15 is 0 Å². The van der Waals surface area contributed by atoms with Crippen molar-refractivity contribution in [1.29, 1.82) is 0 Å². The first-order valence-corrected chi connectivity index (χ1v) is 9.00. The lowest BCUT2D eigenvalue weighted by molar-refractivity contribution is 0.600. The highest BCUT2D eigenvalue weighted by Gasteiger charge is 2.19. The van der Waals surface area contributed by atoms with Gasteiger partial charge in [0.1, 0.15) is 0 Å². The van der Waals surface area contributed by atoms with Crippen LogP contribution in [-0.2, 0) is 16.4 Å². The summed E-state index contributed by atoms with van der Waals surface area (Å²) in [5.74, 6) is 0.448. The number of halogens is 2. The number of aryl methyl sites for hydroxylation is 1. The lowest BCUT2D eigenvalue weighted by Crippen LogP contribution is -2.14. The third kappa shape index (κ3) is 3.44. The van der Waals surface area contributed by atoms with Gasteiger partial charge in [0.05, 0.1) is 10.6 Å². The van der Waals surface area contributed by atoms with Crippen molar-refractivity contribution in [3.05, 3.63) is 39.9 Å².